The van der Waals surface area contributed by atoms with Gasteiger partial charge in [-0.1, -0.05) is 17.7 Å². The number of likely N-dealkylation sites (N-methyl/N-ethyl adjacent to an activating group) is 1. The van der Waals surface area contributed by atoms with Crippen molar-refractivity contribution in [2.75, 3.05) is 66.0 Å². The van der Waals surface area contributed by atoms with Crippen LogP contribution in [0, 0.1) is 0 Å². The molecule has 2 saturated heterocycles. The van der Waals surface area contributed by atoms with Crippen LogP contribution in [0.1, 0.15) is 73.3 Å². The topological polar surface area (TPSA) is 133 Å². The Bertz CT molecular complexity index is 2000. The number of fused-ring (bicyclic) bond motifs is 2. The van der Waals surface area contributed by atoms with E-state index in [1.807, 2.05) is 12.1 Å². The summed E-state index contributed by atoms with van der Waals surface area (Å²) in [4.78, 5) is 55.0. The Morgan fingerprint density at radius 1 is 0.962 bits per heavy atom. The van der Waals surface area contributed by atoms with Crippen LogP contribution in [0.2, 0.25) is 5.02 Å². The molecule has 0 spiro atoms. The largest absolute Gasteiger partial charge is 0.493 e. The molecule has 0 unspecified atom stereocenters. The highest BCUT2D eigenvalue weighted by atomic mass is 35.5. The van der Waals surface area contributed by atoms with E-state index in [-0.39, 0.29) is 23.9 Å². The number of rotatable bonds is 14. The molecule has 13 heteroatoms. The molecule has 4 aromatic rings. The molecule has 3 fully saturated rings. The van der Waals surface area contributed by atoms with Crippen LogP contribution >= 0.6 is 11.6 Å². The standard InChI is InChI=1S/C40H50ClN7O5/c1-45-18-20-46(21-19-45)15-4-22-53-30-9-11-32-35(24-30)43-27-48(39(32)51)26-40(52)12-16-47(17-13-40)37(49)5-2-3-14-42-38(50)29-8-10-31-33(41)25-34(28-6-7-28)44-36(31)23-29/h8-11,23-25,27-28,52H,2-7,12-22,26H2,1H3,(H,42,50). The summed E-state index contributed by atoms with van der Waals surface area (Å²) >= 11 is 6.47. The molecule has 7 rings (SSSR count). The molecular formula is C40H50ClN7O5. The molecule has 2 aliphatic heterocycles. The summed E-state index contributed by atoms with van der Waals surface area (Å²) < 4.78 is 7.44. The molecule has 0 radical (unpaired) electrons. The highest BCUT2D eigenvalue weighted by Gasteiger charge is 2.34. The number of hydrogen-bond donors (Lipinski definition) is 2. The number of nitrogens with one attached hydrogen (secondary N) is 1. The van der Waals surface area contributed by atoms with Gasteiger partial charge in [0, 0.05) is 87.4 Å². The monoisotopic (exact) mass is 743 g/mol. The predicted molar refractivity (Wildman–Crippen MR) is 206 cm³/mol. The second-order valence-corrected chi connectivity index (χ2v) is 15.5. The van der Waals surface area contributed by atoms with Gasteiger partial charge in [0.05, 0.1) is 46.5 Å². The van der Waals surface area contributed by atoms with Gasteiger partial charge in [0.2, 0.25) is 5.91 Å². The van der Waals surface area contributed by atoms with Crippen molar-refractivity contribution in [3.8, 4) is 5.75 Å². The van der Waals surface area contributed by atoms with Crippen LogP contribution in [0.3, 0.4) is 0 Å². The number of amides is 2. The van der Waals surface area contributed by atoms with E-state index in [0.29, 0.717) is 91.5 Å². The molecule has 2 amide bonds. The number of nitrogens with zero attached hydrogens (tertiary/aromatic N) is 6. The molecule has 12 nitrogen and oxygen atoms in total. The lowest BCUT2D eigenvalue weighted by Crippen LogP contribution is -2.49. The molecule has 3 aliphatic rings. The number of pyridine rings is 1. The lowest BCUT2D eigenvalue weighted by Gasteiger charge is -2.38. The fourth-order valence-corrected chi connectivity index (χ4v) is 7.61. The van der Waals surface area contributed by atoms with Crippen LogP contribution < -0.4 is 15.6 Å². The maximum atomic E-state index is 13.3. The maximum Gasteiger partial charge on any atom is 0.261 e. The summed E-state index contributed by atoms with van der Waals surface area (Å²) in [5.41, 5.74) is 1.50. The normalized spacial score (nSPS) is 18.1. The summed E-state index contributed by atoms with van der Waals surface area (Å²) in [6.45, 7) is 7.38. The van der Waals surface area contributed by atoms with E-state index in [0.717, 1.165) is 68.6 Å². The van der Waals surface area contributed by atoms with E-state index in [1.54, 1.807) is 35.2 Å². The minimum absolute atomic E-state index is 0.0317. The van der Waals surface area contributed by atoms with E-state index in [1.165, 1.54) is 10.9 Å². The first-order chi connectivity index (χ1) is 25.6. The third kappa shape index (κ3) is 9.35. The Hall–Kier alpha value is -4.10. The number of aliphatic hydroxyl groups is 1. The molecule has 1 aliphatic carbocycles. The number of aromatic nitrogens is 3. The number of carbonyl (C=O) groups is 2. The SMILES string of the molecule is CN1CCN(CCCOc2ccc3c(=O)n(CC4(O)CCN(C(=O)CCCCNC(=O)c5ccc6c(Cl)cc(C7CC7)nc6c5)CC4)cnc3c2)CC1. The van der Waals surface area contributed by atoms with Gasteiger partial charge in [-0.3, -0.25) is 23.9 Å². The first kappa shape index (κ1) is 37.2. The molecule has 53 heavy (non-hydrogen) atoms. The second kappa shape index (κ2) is 16.5. The van der Waals surface area contributed by atoms with E-state index in [4.69, 9.17) is 21.3 Å². The summed E-state index contributed by atoms with van der Waals surface area (Å²) in [6.07, 6.45) is 7.09. The molecule has 0 bridgehead atoms. The van der Waals surface area contributed by atoms with Crippen LogP contribution in [0.4, 0.5) is 0 Å². The average Bonchev–Trinajstić information content (AvgIpc) is 4.01. The van der Waals surface area contributed by atoms with Gasteiger partial charge >= 0.3 is 0 Å². The fraction of sp³-hybridized carbons (Fsp3) is 0.525. The minimum Gasteiger partial charge on any atom is -0.493 e. The van der Waals surface area contributed by atoms with E-state index in [2.05, 4.69) is 27.1 Å². The molecule has 2 aromatic heterocycles. The van der Waals surface area contributed by atoms with Gasteiger partial charge in [0.1, 0.15) is 5.75 Å². The Labute approximate surface area is 315 Å². The summed E-state index contributed by atoms with van der Waals surface area (Å²) in [5, 5.41) is 16.3. The van der Waals surface area contributed by atoms with Crippen LogP contribution in [-0.4, -0.2) is 118 Å². The molecule has 0 atom stereocenters. The number of benzene rings is 2. The number of piperazine rings is 1. The van der Waals surface area contributed by atoms with Crippen molar-refractivity contribution < 1.29 is 19.4 Å². The summed E-state index contributed by atoms with van der Waals surface area (Å²) in [6, 6.07) is 12.7. The highest BCUT2D eigenvalue weighted by Crippen LogP contribution is 2.41. The smallest absolute Gasteiger partial charge is 0.261 e. The van der Waals surface area contributed by atoms with Crippen molar-refractivity contribution in [3.63, 3.8) is 0 Å². The minimum atomic E-state index is -1.11. The third-order valence-corrected chi connectivity index (χ3v) is 11.2. The van der Waals surface area contributed by atoms with Gasteiger partial charge in [0.15, 0.2) is 0 Å². The summed E-state index contributed by atoms with van der Waals surface area (Å²) in [7, 11) is 2.15. The molecule has 4 heterocycles. The Morgan fingerprint density at radius 3 is 2.51 bits per heavy atom. The van der Waals surface area contributed by atoms with Crippen molar-refractivity contribution in [3.05, 3.63) is 75.4 Å². The van der Waals surface area contributed by atoms with Crippen molar-refractivity contribution in [2.45, 2.75) is 69.4 Å². The van der Waals surface area contributed by atoms with E-state index < -0.39 is 5.60 Å². The zero-order valence-corrected chi connectivity index (χ0v) is 31.3. The quantitative estimate of drug-likeness (QED) is 0.180. The second-order valence-electron chi connectivity index (χ2n) is 15.1. The summed E-state index contributed by atoms with van der Waals surface area (Å²) in [5.74, 6) is 1.01. The number of ether oxygens (including phenoxy) is 1. The number of carbonyl (C=O) groups excluding carboxylic acids is 2. The Kier molecular flexibility index (Phi) is 11.6. The van der Waals surface area contributed by atoms with Gasteiger partial charge in [-0.05, 0) is 82.3 Å². The zero-order chi connectivity index (χ0) is 37.0. The Morgan fingerprint density at radius 2 is 1.74 bits per heavy atom. The predicted octanol–water partition coefficient (Wildman–Crippen LogP) is 4.45. The molecular weight excluding hydrogens is 694 g/mol. The first-order valence-electron chi connectivity index (χ1n) is 19.1. The van der Waals surface area contributed by atoms with Gasteiger partial charge in [-0.2, -0.15) is 0 Å². The maximum absolute atomic E-state index is 13.3. The lowest BCUT2D eigenvalue weighted by molar-refractivity contribution is -0.136. The Balaban J connectivity index is 0.821. The van der Waals surface area contributed by atoms with Crippen molar-refractivity contribution in [1.29, 1.82) is 0 Å². The van der Waals surface area contributed by atoms with Gasteiger partial charge in [-0.15, -0.1) is 0 Å². The van der Waals surface area contributed by atoms with Gasteiger partial charge < -0.3 is 29.9 Å². The van der Waals surface area contributed by atoms with Crippen LogP contribution in [0.5, 0.6) is 5.75 Å². The number of piperidine rings is 1. The molecule has 1 saturated carbocycles. The first-order valence-corrected chi connectivity index (χ1v) is 19.4. The van der Waals surface area contributed by atoms with Crippen molar-refractivity contribution in [2.24, 2.45) is 0 Å². The van der Waals surface area contributed by atoms with E-state index >= 15 is 0 Å². The number of hydrogen-bond acceptors (Lipinski definition) is 9. The zero-order valence-electron chi connectivity index (χ0n) is 30.6. The number of likely N-dealkylation sites (tertiary alicyclic amines) is 1. The van der Waals surface area contributed by atoms with Crippen molar-refractivity contribution >= 4 is 45.2 Å². The number of unbranched alkanes of at least 4 members (excludes halogenated alkanes) is 1. The van der Waals surface area contributed by atoms with E-state index in [9.17, 15) is 19.5 Å². The molecule has 282 valence electrons. The van der Waals surface area contributed by atoms with Crippen molar-refractivity contribution in [1.82, 2.24) is 34.6 Å². The fourth-order valence-electron chi connectivity index (χ4n) is 7.34. The lowest BCUT2D eigenvalue weighted by atomic mass is 9.91. The third-order valence-electron chi connectivity index (χ3n) is 10.9. The van der Waals surface area contributed by atoms with Crippen LogP contribution in [-0.2, 0) is 11.3 Å². The highest BCUT2D eigenvalue weighted by molar-refractivity contribution is 6.35. The average molecular weight is 744 g/mol. The number of halogens is 1. The van der Waals surface area contributed by atoms with Crippen LogP contribution in [0.15, 0.2) is 53.6 Å². The molecule has 2 aromatic carbocycles. The van der Waals surface area contributed by atoms with Gasteiger partial charge in [-0.25, -0.2) is 4.98 Å². The van der Waals surface area contributed by atoms with Gasteiger partial charge in [0.25, 0.3) is 11.5 Å². The van der Waals surface area contributed by atoms with Crippen LogP contribution in [0.25, 0.3) is 21.8 Å². The molecule has 2 N–H and O–H groups in total.